The summed E-state index contributed by atoms with van der Waals surface area (Å²) in [4.78, 5) is 1.61. The lowest BCUT2D eigenvalue weighted by molar-refractivity contribution is 0.478. The Hall–Kier alpha value is 0.0100. The number of nitrogens with one attached hydrogen (secondary N) is 1. The number of hydrogen-bond donors (Lipinski definition) is 1. The number of rotatable bonds is 5. The van der Waals surface area contributed by atoms with Gasteiger partial charge in [-0.3, -0.25) is 0 Å². The molecule has 0 radical (unpaired) electrons. The Kier molecular flexibility index (Phi) is 4.54. The van der Waals surface area contributed by atoms with Crippen molar-refractivity contribution in [1.82, 2.24) is 5.32 Å². The third-order valence-corrected chi connectivity index (χ3v) is 4.79. The molecule has 1 aromatic heterocycles. The van der Waals surface area contributed by atoms with Crippen molar-refractivity contribution in [3.63, 3.8) is 0 Å². The maximum atomic E-state index is 3.68. The van der Waals surface area contributed by atoms with E-state index in [-0.39, 0.29) is 0 Å². The molecule has 3 heteroatoms. The van der Waals surface area contributed by atoms with Crippen LogP contribution in [0.1, 0.15) is 36.2 Å². The first-order valence-electron chi connectivity index (χ1n) is 5.79. The van der Waals surface area contributed by atoms with Gasteiger partial charge in [-0.25, -0.2) is 0 Å². The predicted octanol–water partition coefficient (Wildman–Crippen LogP) is 3.47. The number of hydrogen-bond acceptors (Lipinski definition) is 3. The molecule has 1 atom stereocenters. The van der Waals surface area contributed by atoms with Crippen molar-refractivity contribution in [2.24, 2.45) is 0 Å². The van der Waals surface area contributed by atoms with Gasteiger partial charge >= 0.3 is 0 Å². The summed E-state index contributed by atoms with van der Waals surface area (Å²) in [5, 5.41) is 5.93. The zero-order valence-electron chi connectivity index (χ0n) is 9.29. The number of thioether (sulfide) groups is 1. The molecular weight excluding hydrogens is 222 g/mol. The Morgan fingerprint density at radius 3 is 3.40 bits per heavy atom. The molecule has 0 saturated carbocycles. The molecule has 1 aromatic rings. The highest BCUT2D eigenvalue weighted by molar-refractivity contribution is 7.99. The van der Waals surface area contributed by atoms with Crippen molar-refractivity contribution in [2.45, 2.75) is 32.2 Å². The first-order valence-corrected chi connectivity index (χ1v) is 7.82. The lowest BCUT2D eigenvalue weighted by Crippen LogP contribution is -2.26. The molecule has 0 amide bonds. The van der Waals surface area contributed by atoms with E-state index < -0.39 is 0 Å². The van der Waals surface area contributed by atoms with Crippen LogP contribution < -0.4 is 5.32 Å². The minimum Gasteiger partial charge on any atom is -0.309 e. The maximum absolute atomic E-state index is 3.68. The van der Waals surface area contributed by atoms with Crippen LogP contribution in [0.5, 0.6) is 0 Å². The minimum atomic E-state index is 0.637. The lowest BCUT2D eigenvalue weighted by atomic mass is 9.94. The summed E-state index contributed by atoms with van der Waals surface area (Å²) < 4.78 is 0. The standard InChI is InChI=1S/C12H19NS2/c1-2-14-9-7-13-11-4-3-5-12-10(11)6-8-15-12/h6,8,11,13H,2-5,7,9H2,1H3. The summed E-state index contributed by atoms with van der Waals surface area (Å²) in [7, 11) is 0. The molecule has 0 saturated heterocycles. The van der Waals surface area contributed by atoms with Gasteiger partial charge in [0.15, 0.2) is 0 Å². The van der Waals surface area contributed by atoms with Gasteiger partial charge in [-0.2, -0.15) is 11.8 Å². The second-order valence-corrected chi connectivity index (χ2v) is 6.29. The van der Waals surface area contributed by atoms with E-state index in [1.165, 1.54) is 30.8 Å². The van der Waals surface area contributed by atoms with E-state index in [2.05, 4.69) is 23.7 Å². The fraction of sp³-hybridized carbons (Fsp3) is 0.667. The molecule has 1 nitrogen and oxygen atoms in total. The van der Waals surface area contributed by atoms with E-state index in [1.807, 2.05) is 23.1 Å². The van der Waals surface area contributed by atoms with Crippen molar-refractivity contribution in [3.05, 3.63) is 21.9 Å². The molecule has 0 aromatic carbocycles. The molecule has 1 heterocycles. The fourth-order valence-electron chi connectivity index (χ4n) is 2.15. The summed E-state index contributed by atoms with van der Waals surface area (Å²) in [5.74, 6) is 2.47. The van der Waals surface area contributed by atoms with Crippen molar-refractivity contribution in [1.29, 1.82) is 0 Å². The summed E-state index contributed by atoms with van der Waals surface area (Å²) >= 11 is 3.95. The number of aryl methyl sites for hydroxylation is 1. The van der Waals surface area contributed by atoms with Crippen LogP contribution in [0.2, 0.25) is 0 Å². The zero-order valence-corrected chi connectivity index (χ0v) is 10.9. The van der Waals surface area contributed by atoms with Crippen LogP contribution in [0.3, 0.4) is 0 Å². The Labute approximate surface area is 101 Å². The summed E-state index contributed by atoms with van der Waals surface area (Å²) in [6, 6.07) is 2.95. The molecule has 1 N–H and O–H groups in total. The fourth-order valence-corrected chi connectivity index (χ4v) is 3.69. The van der Waals surface area contributed by atoms with E-state index in [4.69, 9.17) is 0 Å². The van der Waals surface area contributed by atoms with Crippen LogP contribution in [0.25, 0.3) is 0 Å². The highest BCUT2D eigenvalue weighted by atomic mass is 32.2. The average Bonchev–Trinajstić information content (AvgIpc) is 2.73. The summed E-state index contributed by atoms with van der Waals surface area (Å²) in [6.45, 7) is 3.38. The van der Waals surface area contributed by atoms with Gasteiger partial charge in [0, 0.05) is 23.2 Å². The Bertz CT molecular complexity index is 296. The maximum Gasteiger partial charge on any atom is 0.0331 e. The lowest BCUT2D eigenvalue weighted by Gasteiger charge is -2.23. The number of thiophene rings is 1. The van der Waals surface area contributed by atoms with Gasteiger partial charge in [0.1, 0.15) is 0 Å². The van der Waals surface area contributed by atoms with Gasteiger partial charge in [0.2, 0.25) is 0 Å². The average molecular weight is 241 g/mol. The first kappa shape index (κ1) is 11.5. The zero-order chi connectivity index (χ0) is 10.5. The Morgan fingerprint density at radius 1 is 1.60 bits per heavy atom. The molecule has 1 aliphatic rings. The van der Waals surface area contributed by atoms with Crippen molar-refractivity contribution >= 4 is 23.1 Å². The summed E-state index contributed by atoms with van der Waals surface area (Å²) in [5.41, 5.74) is 1.58. The number of fused-ring (bicyclic) bond motifs is 1. The summed E-state index contributed by atoms with van der Waals surface area (Å²) in [6.07, 6.45) is 3.97. The molecule has 15 heavy (non-hydrogen) atoms. The van der Waals surface area contributed by atoms with Crippen LogP contribution in [0, 0.1) is 0 Å². The van der Waals surface area contributed by atoms with Crippen molar-refractivity contribution in [3.8, 4) is 0 Å². The van der Waals surface area contributed by atoms with Gasteiger partial charge in [-0.1, -0.05) is 6.92 Å². The highest BCUT2D eigenvalue weighted by Gasteiger charge is 2.19. The largest absolute Gasteiger partial charge is 0.309 e. The van der Waals surface area contributed by atoms with Gasteiger partial charge in [0.05, 0.1) is 0 Å². The van der Waals surface area contributed by atoms with Crippen LogP contribution in [0.4, 0.5) is 0 Å². The Balaban J connectivity index is 1.84. The van der Waals surface area contributed by atoms with E-state index >= 15 is 0 Å². The minimum absolute atomic E-state index is 0.637. The molecule has 1 unspecified atom stereocenters. The molecule has 0 bridgehead atoms. The van der Waals surface area contributed by atoms with Crippen LogP contribution in [0.15, 0.2) is 11.4 Å². The quantitative estimate of drug-likeness (QED) is 0.792. The smallest absolute Gasteiger partial charge is 0.0331 e. The topological polar surface area (TPSA) is 12.0 Å². The van der Waals surface area contributed by atoms with Crippen molar-refractivity contribution < 1.29 is 0 Å². The molecule has 0 aliphatic heterocycles. The molecular formula is C12H19NS2. The first-order chi connectivity index (χ1) is 7.42. The van der Waals surface area contributed by atoms with Crippen LogP contribution in [-0.2, 0) is 6.42 Å². The van der Waals surface area contributed by atoms with Gasteiger partial charge in [0.25, 0.3) is 0 Å². The third kappa shape index (κ3) is 2.99. The molecule has 0 fully saturated rings. The molecule has 2 rings (SSSR count). The van der Waals surface area contributed by atoms with E-state index in [1.54, 1.807) is 10.4 Å². The van der Waals surface area contributed by atoms with Crippen molar-refractivity contribution in [2.75, 3.05) is 18.1 Å². The van der Waals surface area contributed by atoms with Gasteiger partial charge in [-0.15, -0.1) is 11.3 Å². The molecule has 0 spiro atoms. The van der Waals surface area contributed by atoms with E-state index in [0.717, 1.165) is 6.54 Å². The SMILES string of the molecule is CCSCCNC1CCCc2sccc21. The van der Waals surface area contributed by atoms with Crippen LogP contribution >= 0.6 is 23.1 Å². The van der Waals surface area contributed by atoms with Gasteiger partial charge in [-0.05, 0) is 42.0 Å². The monoisotopic (exact) mass is 241 g/mol. The van der Waals surface area contributed by atoms with Crippen LogP contribution in [-0.4, -0.2) is 18.1 Å². The highest BCUT2D eigenvalue weighted by Crippen LogP contribution is 2.33. The Morgan fingerprint density at radius 2 is 2.53 bits per heavy atom. The predicted molar refractivity (Wildman–Crippen MR) is 71.0 cm³/mol. The van der Waals surface area contributed by atoms with Gasteiger partial charge < -0.3 is 5.32 Å². The third-order valence-electron chi connectivity index (χ3n) is 2.89. The molecule has 84 valence electrons. The van der Waals surface area contributed by atoms with E-state index in [0.29, 0.717) is 6.04 Å². The second-order valence-electron chi connectivity index (χ2n) is 3.89. The normalized spacial score (nSPS) is 20.2. The molecule has 1 aliphatic carbocycles. The second kappa shape index (κ2) is 5.92. The van der Waals surface area contributed by atoms with E-state index in [9.17, 15) is 0 Å².